The van der Waals surface area contributed by atoms with Gasteiger partial charge in [0.15, 0.2) is 0 Å². The number of carbonyl (C=O) groups is 2. The normalized spacial score (nSPS) is 21.2. The first-order valence-electron chi connectivity index (χ1n) is 10.6. The number of morpholine rings is 1. The summed E-state index contributed by atoms with van der Waals surface area (Å²) in [6, 6.07) is 4.00. The molecule has 0 bridgehead atoms. The van der Waals surface area contributed by atoms with Crippen molar-refractivity contribution in [1.29, 1.82) is 0 Å². The molecule has 3 rings (SSSR count). The Morgan fingerprint density at radius 3 is 2.45 bits per heavy atom. The molecule has 1 unspecified atom stereocenters. The molecule has 2 saturated heterocycles. The summed E-state index contributed by atoms with van der Waals surface area (Å²) in [5, 5.41) is 0. The monoisotopic (exact) mass is 455 g/mol. The van der Waals surface area contributed by atoms with Crippen LogP contribution < -0.4 is 4.72 Å². The molecule has 1 N–H and O–H groups in total. The van der Waals surface area contributed by atoms with Crippen LogP contribution in [0, 0.1) is 17.7 Å². The highest BCUT2D eigenvalue weighted by atomic mass is 32.2. The van der Waals surface area contributed by atoms with Gasteiger partial charge in [-0.3, -0.25) is 9.59 Å². The van der Waals surface area contributed by atoms with Crippen LogP contribution in [0.5, 0.6) is 0 Å². The number of halogens is 1. The Bertz CT molecular complexity index is 902. The highest BCUT2D eigenvalue weighted by Crippen LogP contribution is 2.22. The van der Waals surface area contributed by atoms with Gasteiger partial charge in [0.1, 0.15) is 16.8 Å². The van der Waals surface area contributed by atoms with Gasteiger partial charge in [0.05, 0.1) is 19.1 Å². The van der Waals surface area contributed by atoms with Gasteiger partial charge in [-0.25, -0.2) is 12.8 Å². The molecule has 0 radical (unpaired) electrons. The summed E-state index contributed by atoms with van der Waals surface area (Å²) in [5.74, 6) is -1.93. The van der Waals surface area contributed by atoms with Gasteiger partial charge >= 0.3 is 0 Å². The molecule has 2 fully saturated rings. The van der Waals surface area contributed by atoms with Gasteiger partial charge in [0.2, 0.25) is 21.8 Å². The van der Waals surface area contributed by atoms with Crippen LogP contribution in [0.2, 0.25) is 0 Å². The van der Waals surface area contributed by atoms with E-state index >= 15 is 0 Å². The van der Waals surface area contributed by atoms with Gasteiger partial charge in [0, 0.05) is 26.2 Å². The molecule has 0 saturated carbocycles. The number of hydrogen-bond donors (Lipinski definition) is 1. The minimum Gasteiger partial charge on any atom is -0.378 e. The van der Waals surface area contributed by atoms with Crippen molar-refractivity contribution < 1.29 is 27.1 Å². The summed E-state index contributed by atoms with van der Waals surface area (Å²) in [7, 11) is -4.23. The summed E-state index contributed by atoms with van der Waals surface area (Å²) >= 11 is 0. The van der Waals surface area contributed by atoms with Gasteiger partial charge in [-0.2, -0.15) is 4.72 Å². The van der Waals surface area contributed by atoms with Crippen LogP contribution in [-0.4, -0.2) is 75.5 Å². The highest BCUT2D eigenvalue weighted by Gasteiger charge is 2.37. The molecule has 2 heterocycles. The fourth-order valence-electron chi connectivity index (χ4n) is 3.98. The molecule has 172 valence electrons. The van der Waals surface area contributed by atoms with Crippen LogP contribution in [0.3, 0.4) is 0 Å². The van der Waals surface area contributed by atoms with E-state index in [1.807, 2.05) is 0 Å². The molecular formula is C21H30FN3O5S. The Hall–Kier alpha value is -2.04. The van der Waals surface area contributed by atoms with E-state index < -0.39 is 32.7 Å². The van der Waals surface area contributed by atoms with E-state index in [9.17, 15) is 22.4 Å². The van der Waals surface area contributed by atoms with Crippen molar-refractivity contribution in [1.82, 2.24) is 14.5 Å². The summed E-state index contributed by atoms with van der Waals surface area (Å²) < 4.78 is 47.2. The van der Waals surface area contributed by atoms with Gasteiger partial charge < -0.3 is 14.5 Å². The topological polar surface area (TPSA) is 96.0 Å². The summed E-state index contributed by atoms with van der Waals surface area (Å²) in [5.41, 5.74) is 0. The maximum atomic E-state index is 14.0. The third kappa shape index (κ3) is 5.61. The molecule has 2 amide bonds. The molecule has 31 heavy (non-hydrogen) atoms. The van der Waals surface area contributed by atoms with Crippen molar-refractivity contribution >= 4 is 21.8 Å². The molecule has 2 atom stereocenters. The minimum atomic E-state index is -4.23. The zero-order chi connectivity index (χ0) is 22.6. The first-order valence-corrected chi connectivity index (χ1v) is 12.1. The summed E-state index contributed by atoms with van der Waals surface area (Å²) in [6.45, 7) is 6.26. The van der Waals surface area contributed by atoms with Crippen LogP contribution >= 0.6 is 0 Å². The van der Waals surface area contributed by atoms with E-state index in [2.05, 4.69) is 4.72 Å². The van der Waals surface area contributed by atoms with E-state index in [1.54, 1.807) is 23.6 Å². The number of nitrogens with one attached hydrogen (secondary N) is 1. The lowest BCUT2D eigenvalue weighted by molar-refractivity contribution is -0.144. The summed E-state index contributed by atoms with van der Waals surface area (Å²) in [6.07, 6.45) is 1.35. The maximum absolute atomic E-state index is 14.0. The van der Waals surface area contributed by atoms with Crippen LogP contribution in [0.1, 0.15) is 26.7 Å². The van der Waals surface area contributed by atoms with Crippen LogP contribution in [-0.2, 0) is 24.3 Å². The lowest BCUT2D eigenvalue weighted by atomic mass is 9.94. The van der Waals surface area contributed by atoms with Gasteiger partial charge in [-0.15, -0.1) is 0 Å². The van der Waals surface area contributed by atoms with E-state index in [4.69, 9.17) is 4.74 Å². The van der Waals surface area contributed by atoms with Crippen LogP contribution in [0.4, 0.5) is 4.39 Å². The van der Waals surface area contributed by atoms with Crippen molar-refractivity contribution in [2.24, 2.45) is 11.8 Å². The first-order chi connectivity index (χ1) is 14.7. The zero-order valence-electron chi connectivity index (χ0n) is 17.9. The molecule has 1 aromatic carbocycles. The lowest BCUT2D eigenvalue weighted by Crippen LogP contribution is -2.55. The Labute approximate surface area is 182 Å². The van der Waals surface area contributed by atoms with E-state index in [0.29, 0.717) is 45.7 Å². The second kappa shape index (κ2) is 10.1. The first kappa shape index (κ1) is 23.6. The smallest absolute Gasteiger partial charge is 0.244 e. The SMILES string of the molecule is CC(C)[C@H](NS(=O)(=O)c1ccccc1F)C(=O)N1CCCC(C(=O)N2CCOCC2)C1. The number of benzene rings is 1. The van der Waals surface area contributed by atoms with E-state index in [1.165, 1.54) is 12.1 Å². The molecule has 10 heteroatoms. The number of sulfonamides is 1. The van der Waals surface area contributed by atoms with Crippen LogP contribution in [0.25, 0.3) is 0 Å². The number of amides is 2. The average molecular weight is 456 g/mol. The number of likely N-dealkylation sites (tertiary alicyclic amines) is 1. The number of nitrogens with zero attached hydrogens (tertiary/aromatic N) is 2. The maximum Gasteiger partial charge on any atom is 0.244 e. The largest absolute Gasteiger partial charge is 0.378 e. The van der Waals surface area contributed by atoms with Crippen molar-refractivity contribution in [3.8, 4) is 0 Å². The lowest BCUT2D eigenvalue weighted by Gasteiger charge is -2.38. The third-order valence-electron chi connectivity index (χ3n) is 5.75. The number of carbonyl (C=O) groups excluding carboxylic acids is 2. The van der Waals surface area contributed by atoms with Gasteiger partial charge in [-0.1, -0.05) is 26.0 Å². The number of hydrogen-bond acceptors (Lipinski definition) is 5. The molecular weight excluding hydrogens is 425 g/mol. The molecule has 8 nitrogen and oxygen atoms in total. The Balaban J connectivity index is 1.72. The second-order valence-corrected chi connectivity index (χ2v) is 10.0. The van der Waals surface area contributed by atoms with E-state index in [0.717, 1.165) is 12.1 Å². The predicted molar refractivity (Wildman–Crippen MR) is 112 cm³/mol. The fourth-order valence-corrected chi connectivity index (χ4v) is 5.40. The van der Waals surface area contributed by atoms with Gasteiger partial charge in [-0.05, 0) is 30.9 Å². The Kier molecular flexibility index (Phi) is 7.66. The van der Waals surface area contributed by atoms with Gasteiger partial charge in [0.25, 0.3) is 0 Å². The number of piperidine rings is 1. The zero-order valence-corrected chi connectivity index (χ0v) is 18.7. The third-order valence-corrected chi connectivity index (χ3v) is 7.22. The fraction of sp³-hybridized carbons (Fsp3) is 0.619. The molecule has 0 spiro atoms. The van der Waals surface area contributed by atoms with Crippen LogP contribution in [0.15, 0.2) is 29.2 Å². The van der Waals surface area contributed by atoms with Crippen molar-refractivity contribution in [2.75, 3.05) is 39.4 Å². The molecule has 1 aromatic rings. The molecule has 2 aliphatic heterocycles. The Morgan fingerprint density at radius 2 is 1.81 bits per heavy atom. The minimum absolute atomic E-state index is 0.00818. The predicted octanol–water partition coefficient (Wildman–Crippen LogP) is 1.23. The standard InChI is InChI=1S/C21H30FN3O5S/c1-15(2)19(23-31(28,29)18-8-4-3-7-17(18)22)21(27)25-9-5-6-16(14-25)20(26)24-10-12-30-13-11-24/h3-4,7-8,15-16,19,23H,5-6,9-14H2,1-2H3/t16?,19-/m0/s1. The Morgan fingerprint density at radius 1 is 1.13 bits per heavy atom. The second-order valence-electron chi connectivity index (χ2n) is 8.33. The highest BCUT2D eigenvalue weighted by molar-refractivity contribution is 7.89. The number of rotatable bonds is 6. The quantitative estimate of drug-likeness (QED) is 0.696. The van der Waals surface area contributed by atoms with Crippen molar-refractivity contribution in [2.45, 2.75) is 37.6 Å². The molecule has 2 aliphatic rings. The molecule has 0 aliphatic carbocycles. The average Bonchev–Trinajstić information content (AvgIpc) is 2.77. The summed E-state index contributed by atoms with van der Waals surface area (Å²) in [4.78, 5) is 28.9. The van der Waals surface area contributed by atoms with Crippen molar-refractivity contribution in [3.05, 3.63) is 30.1 Å². The number of ether oxygens (including phenoxy) is 1. The molecule has 0 aromatic heterocycles. The van der Waals surface area contributed by atoms with Crippen molar-refractivity contribution in [3.63, 3.8) is 0 Å². The van der Waals surface area contributed by atoms with E-state index in [-0.39, 0.29) is 24.3 Å².